The van der Waals surface area contributed by atoms with Gasteiger partial charge in [0.1, 0.15) is 6.04 Å². The van der Waals surface area contributed by atoms with Crippen molar-refractivity contribution in [3.05, 3.63) is 65.2 Å². The number of para-hydroxylation sites is 1. The molecule has 19 heavy (non-hydrogen) atoms. The van der Waals surface area contributed by atoms with E-state index in [4.69, 9.17) is 5.73 Å². The molecule has 2 rings (SSSR count). The van der Waals surface area contributed by atoms with E-state index in [1.165, 1.54) is 0 Å². The lowest BCUT2D eigenvalue weighted by Gasteiger charge is -2.15. The van der Waals surface area contributed by atoms with Crippen molar-refractivity contribution in [3.63, 3.8) is 0 Å². The summed E-state index contributed by atoms with van der Waals surface area (Å²) in [5.41, 5.74) is 9.70. The van der Waals surface area contributed by atoms with Gasteiger partial charge in [0.25, 0.3) is 0 Å². The summed E-state index contributed by atoms with van der Waals surface area (Å²) in [5, 5.41) is 2.91. The monoisotopic (exact) mass is 254 g/mol. The van der Waals surface area contributed by atoms with Crippen LogP contribution in [0.2, 0.25) is 0 Å². The number of anilines is 1. The van der Waals surface area contributed by atoms with Crippen LogP contribution in [0.3, 0.4) is 0 Å². The van der Waals surface area contributed by atoms with Crippen LogP contribution in [0, 0.1) is 13.8 Å². The Kier molecular flexibility index (Phi) is 3.97. The molecule has 0 spiro atoms. The molecule has 3 N–H and O–H groups in total. The second kappa shape index (κ2) is 5.67. The third kappa shape index (κ3) is 3.01. The Bertz CT molecular complexity index is 558. The number of aryl methyl sites for hydroxylation is 2. The van der Waals surface area contributed by atoms with Gasteiger partial charge >= 0.3 is 0 Å². The molecule has 3 heteroatoms. The summed E-state index contributed by atoms with van der Waals surface area (Å²) in [6, 6.07) is 14.6. The molecule has 0 radical (unpaired) electrons. The fourth-order valence-electron chi connectivity index (χ4n) is 2.02. The number of rotatable bonds is 3. The number of nitrogens with two attached hydrogens (primary N) is 1. The Morgan fingerprint density at radius 3 is 2.16 bits per heavy atom. The van der Waals surface area contributed by atoms with Crippen LogP contribution in [0.25, 0.3) is 0 Å². The summed E-state index contributed by atoms with van der Waals surface area (Å²) in [6.07, 6.45) is 0. The number of benzene rings is 2. The third-order valence-electron chi connectivity index (χ3n) is 3.17. The average Bonchev–Trinajstić information content (AvgIpc) is 2.43. The van der Waals surface area contributed by atoms with Crippen LogP contribution < -0.4 is 11.1 Å². The molecule has 0 aliphatic rings. The molecule has 2 aromatic carbocycles. The molecule has 98 valence electrons. The maximum absolute atomic E-state index is 12.2. The fourth-order valence-corrected chi connectivity index (χ4v) is 2.02. The SMILES string of the molecule is Cc1cccc(C)c1NC(=O)[C@@H](N)c1ccccc1. The molecule has 0 aliphatic carbocycles. The van der Waals surface area contributed by atoms with Crippen LogP contribution in [-0.4, -0.2) is 5.91 Å². The van der Waals surface area contributed by atoms with Crippen molar-refractivity contribution in [2.24, 2.45) is 5.73 Å². The standard InChI is InChI=1S/C16H18N2O/c1-11-7-6-8-12(2)15(11)18-16(19)14(17)13-9-4-3-5-10-13/h3-10,14H,17H2,1-2H3,(H,18,19)/t14-/m0/s1. The van der Waals surface area contributed by atoms with E-state index < -0.39 is 6.04 Å². The van der Waals surface area contributed by atoms with Crippen LogP contribution in [0.1, 0.15) is 22.7 Å². The molecule has 0 bridgehead atoms. The van der Waals surface area contributed by atoms with E-state index in [0.29, 0.717) is 0 Å². The zero-order valence-electron chi connectivity index (χ0n) is 11.2. The van der Waals surface area contributed by atoms with Crippen molar-refractivity contribution in [1.29, 1.82) is 0 Å². The van der Waals surface area contributed by atoms with Crippen LogP contribution in [0.4, 0.5) is 5.69 Å². The van der Waals surface area contributed by atoms with Gasteiger partial charge in [0.2, 0.25) is 5.91 Å². The first kappa shape index (κ1) is 13.3. The summed E-state index contributed by atoms with van der Waals surface area (Å²) in [6.45, 7) is 3.94. The van der Waals surface area contributed by atoms with Crippen molar-refractivity contribution < 1.29 is 4.79 Å². The highest BCUT2D eigenvalue weighted by atomic mass is 16.2. The topological polar surface area (TPSA) is 55.1 Å². The molecule has 1 atom stereocenters. The highest BCUT2D eigenvalue weighted by Gasteiger charge is 2.16. The molecule has 1 amide bonds. The maximum Gasteiger partial charge on any atom is 0.245 e. The highest BCUT2D eigenvalue weighted by Crippen LogP contribution is 2.21. The van der Waals surface area contributed by atoms with Crippen molar-refractivity contribution in [2.45, 2.75) is 19.9 Å². The highest BCUT2D eigenvalue weighted by molar-refractivity contribution is 5.96. The van der Waals surface area contributed by atoms with E-state index in [0.717, 1.165) is 22.4 Å². The lowest BCUT2D eigenvalue weighted by atomic mass is 10.1. The van der Waals surface area contributed by atoms with Crippen molar-refractivity contribution >= 4 is 11.6 Å². The first-order chi connectivity index (χ1) is 9.09. The van der Waals surface area contributed by atoms with Gasteiger partial charge in [0.15, 0.2) is 0 Å². The van der Waals surface area contributed by atoms with Gasteiger partial charge in [-0.3, -0.25) is 4.79 Å². The molecule has 2 aromatic rings. The van der Waals surface area contributed by atoms with Gasteiger partial charge in [-0.15, -0.1) is 0 Å². The molecular weight excluding hydrogens is 236 g/mol. The first-order valence-corrected chi connectivity index (χ1v) is 6.27. The lowest BCUT2D eigenvalue weighted by molar-refractivity contribution is -0.117. The molecule has 0 aromatic heterocycles. The van der Waals surface area contributed by atoms with E-state index in [2.05, 4.69) is 5.32 Å². The number of carbonyl (C=O) groups is 1. The Morgan fingerprint density at radius 1 is 1.00 bits per heavy atom. The molecule has 0 saturated heterocycles. The molecule has 0 fully saturated rings. The van der Waals surface area contributed by atoms with E-state index in [1.807, 2.05) is 62.4 Å². The maximum atomic E-state index is 12.2. The van der Waals surface area contributed by atoms with E-state index >= 15 is 0 Å². The van der Waals surface area contributed by atoms with Crippen molar-refractivity contribution in [2.75, 3.05) is 5.32 Å². The summed E-state index contributed by atoms with van der Waals surface area (Å²) in [4.78, 5) is 12.2. The number of carbonyl (C=O) groups excluding carboxylic acids is 1. The van der Waals surface area contributed by atoms with Gasteiger partial charge in [0, 0.05) is 5.69 Å². The number of amides is 1. The molecule has 0 aliphatic heterocycles. The second-order valence-corrected chi connectivity index (χ2v) is 4.64. The third-order valence-corrected chi connectivity index (χ3v) is 3.17. The number of hydrogen-bond acceptors (Lipinski definition) is 2. The second-order valence-electron chi connectivity index (χ2n) is 4.64. The predicted octanol–water partition coefficient (Wildman–Crippen LogP) is 2.94. The Hall–Kier alpha value is -2.13. The predicted molar refractivity (Wildman–Crippen MR) is 77.9 cm³/mol. The van der Waals surface area contributed by atoms with Gasteiger partial charge in [-0.25, -0.2) is 0 Å². The van der Waals surface area contributed by atoms with E-state index in [9.17, 15) is 4.79 Å². The van der Waals surface area contributed by atoms with Crippen LogP contribution in [0.5, 0.6) is 0 Å². The number of nitrogens with one attached hydrogen (secondary N) is 1. The summed E-state index contributed by atoms with van der Waals surface area (Å²) in [7, 11) is 0. The molecule has 0 saturated carbocycles. The van der Waals surface area contributed by atoms with Crippen LogP contribution in [0.15, 0.2) is 48.5 Å². The number of hydrogen-bond donors (Lipinski definition) is 2. The van der Waals surface area contributed by atoms with Gasteiger partial charge in [-0.2, -0.15) is 0 Å². The largest absolute Gasteiger partial charge is 0.324 e. The molecule has 0 unspecified atom stereocenters. The van der Waals surface area contributed by atoms with Crippen molar-refractivity contribution in [1.82, 2.24) is 0 Å². The van der Waals surface area contributed by atoms with Gasteiger partial charge in [0.05, 0.1) is 0 Å². The zero-order valence-corrected chi connectivity index (χ0v) is 11.2. The van der Waals surface area contributed by atoms with Crippen molar-refractivity contribution in [3.8, 4) is 0 Å². The lowest BCUT2D eigenvalue weighted by Crippen LogP contribution is -2.28. The smallest absolute Gasteiger partial charge is 0.245 e. The van der Waals surface area contributed by atoms with Gasteiger partial charge in [-0.1, -0.05) is 48.5 Å². The summed E-state index contributed by atoms with van der Waals surface area (Å²) < 4.78 is 0. The van der Waals surface area contributed by atoms with Gasteiger partial charge < -0.3 is 11.1 Å². The van der Waals surface area contributed by atoms with Crippen LogP contribution >= 0.6 is 0 Å². The van der Waals surface area contributed by atoms with E-state index in [-0.39, 0.29) is 5.91 Å². The summed E-state index contributed by atoms with van der Waals surface area (Å²) >= 11 is 0. The van der Waals surface area contributed by atoms with E-state index in [1.54, 1.807) is 0 Å². The first-order valence-electron chi connectivity index (χ1n) is 6.27. The minimum Gasteiger partial charge on any atom is -0.324 e. The van der Waals surface area contributed by atoms with Crippen LogP contribution in [-0.2, 0) is 4.79 Å². The Morgan fingerprint density at radius 2 is 1.58 bits per heavy atom. The average molecular weight is 254 g/mol. The minimum absolute atomic E-state index is 0.191. The minimum atomic E-state index is -0.653. The fraction of sp³-hybridized carbons (Fsp3) is 0.188. The zero-order chi connectivity index (χ0) is 13.8. The molecule has 3 nitrogen and oxygen atoms in total. The Labute approximate surface area is 113 Å². The molecular formula is C16H18N2O. The quantitative estimate of drug-likeness (QED) is 0.884. The summed E-state index contributed by atoms with van der Waals surface area (Å²) in [5.74, 6) is -0.191. The Balaban J connectivity index is 2.18. The normalized spacial score (nSPS) is 11.9. The molecule has 0 heterocycles. The van der Waals surface area contributed by atoms with Gasteiger partial charge in [-0.05, 0) is 30.5 Å².